The van der Waals surface area contributed by atoms with Gasteiger partial charge in [-0.25, -0.2) is 19.6 Å². The van der Waals surface area contributed by atoms with Crippen molar-refractivity contribution in [3.05, 3.63) is 60.4 Å². The number of pyridine rings is 1. The SMILES string of the molecule is Cc1nc2n(n1)CC(Nc1cccc(-n3cnc4ccccc43)n1)CC2. The molecule has 1 aromatic carbocycles. The quantitative estimate of drug-likeness (QED) is 0.618. The lowest BCUT2D eigenvalue weighted by atomic mass is 10.1. The molecule has 26 heavy (non-hydrogen) atoms. The Hall–Kier alpha value is -3.22. The molecule has 1 N–H and O–H groups in total. The molecule has 0 fully saturated rings. The second kappa shape index (κ2) is 5.94. The van der Waals surface area contributed by atoms with Crippen LogP contribution in [0.2, 0.25) is 0 Å². The maximum absolute atomic E-state index is 4.79. The van der Waals surface area contributed by atoms with E-state index in [0.29, 0.717) is 6.04 Å². The monoisotopic (exact) mass is 345 g/mol. The fourth-order valence-corrected chi connectivity index (χ4v) is 3.54. The van der Waals surface area contributed by atoms with E-state index in [1.54, 1.807) is 0 Å². The van der Waals surface area contributed by atoms with Crippen LogP contribution in [-0.2, 0) is 13.0 Å². The molecule has 3 aromatic heterocycles. The molecule has 7 heteroatoms. The summed E-state index contributed by atoms with van der Waals surface area (Å²) in [4.78, 5) is 13.7. The predicted octanol–water partition coefficient (Wildman–Crippen LogP) is 2.75. The maximum atomic E-state index is 4.79. The first-order valence-electron chi connectivity index (χ1n) is 8.83. The summed E-state index contributed by atoms with van der Waals surface area (Å²) in [6, 6.07) is 14.4. The zero-order chi connectivity index (χ0) is 17.5. The molecule has 4 heterocycles. The van der Waals surface area contributed by atoms with E-state index >= 15 is 0 Å². The second-order valence-corrected chi connectivity index (χ2v) is 6.62. The van der Waals surface area contributed by atoms with Crippen molar-refractivity contribution in [2.24, 2.45) is 0 Å². The Kier molecular flexibility index (Phi) is 3.44. The molecule has 1 aliphatic heterocycles. The third kappa shape index (κ3) is 2.61. The maximum Gasteiger partial charge on any atom is 0.147 e. The van der Waals surface area contributed by atoms with Gasteiger partial charge < -0.3 is 5.32 Å². The molecule has 5 rings (SSSR count). The Morgan fingerprint density at radius 2 is 2.00 bits per heavy atom. The average molecular weight is 345 g/mol. The number of hydrogen-bond acceptors (Lipinski definition) is 5. The molecule has 4 aromatic rings. The van der Waals surface area contributed by atoms with Crippen molar-refractivity contribution in [3.8, 4) is 5.82 Å². The van der Waals surface area contributed by atoms with Gasteiger partial charge >= 0.3 is 0 Å². The highest BCUT2D eigenvalue weighted by atomic mass is 15.4. The minimum absolute atomic E-state index is 0.297. The first-order chi connectivity index (χ1) is 12.8. The zero-order valence-corrected chi connectivity index (χ0v) is 14.5. The second-order valence-electron chi connectivity index (χ2n) is 6.62. The van der Waals surface area contributed by atoms with Crippen molar-refractivity contribution in [1.29, 1.82) is 0 Å². The fraction of sp³-hybridized carbons (Fsp3) is 0.263. The van der Waals surface area contributed by atoms with Gasteiger partial charge in [-0.3, -0.25) is 4.57 Å². The number of para-hydroxylation sites is 2. The molecule has 0 radical (unpaired) electrons. The van der Waals surface area contributed by atoms with Crippen LogP contribution < -0.4 is 5.32 Å². The highest BCUT2D eigenvalue weighted by Crippen LogP contribution is 2.20. The van der Waals surface area contributed by atoms with Crippen molar-refractivity contribution < 1.29 is 0 Å². The van der Waals surface area contributed by atoms with Crippen LogP contribution in [0.15, 0.2) is 48.8 Å². The summed E-state index contributed by atoms with van der Waals surface area (Å²) in [5, 5.41) is 8.02. The van der Waals surface area contributed by atoms with Crippen LogP contribution in [0.1, 0.15) is 18.1 Å². The lowest BCUT2D eigenvalue weighted by Gasteiger charge is -2.24. The highest BCUT2D eigenvalue weighted by molar-refractivity contribution is 5.76. The summed E-state index contributed by atoms with van der Waals surface area (Å²) in [5.74, 6) is 3.64. The van der Waals surface area contributed by atoms with E-state index in [1.807, 2.05) is 58.9 Å². The Bertz CT molecular complexity index is 1080. The molecule has 0 bridgehead atoms. The minimum Gasteiger partial charge on any atom is -0.365 e. The molecule has 0 spiro atoms. The number of aromatic nitrogens is 6. The number of hydrogen-bond donors (Lipinski definition) is 1. The van der Waals surface area contributed by atoms with E-state index in [4.69, 9.17) is 4.98 Å². The number of fused-ring (bicyclic) bond motifs is 2. The summed E-state index contributed by atoms with van der Waals surface area (Å²) in [6.07, 6.45) is 3.78. The van der Waals surface area contributed by atoms with E-state index in [1.165, 1.54) is 0 Å². The Balaban J connectivity index is 1.40. The van der Waals surface area contributed by atoms with Gasteiger partial charge in [-0.2, -0.15) is 5.10 Å². The Morgan fingerprint density at radius 3 is 2.96 bits per heavy atom. The summed E-state index contributed by atoms with van der Waals surface area (Å²) in [6.45, 7) is 2.75. The molecule has 1 aliphatic rings. The predicted molar refractivity (Wildman–Crippen MR) is 99.4 cm³/mol. The lowest BCUT2D eigenvalue weighted by molar-refractivity contribution is 0.440. The number of aryl methyl sites for hydroxylation is 2. The van der Waals surface area contributed by atoms with Crippen molar-refractivity contribution in [1.82, 2.24) is 29.3 Å². The van der Waals surface area contributed by atoms with Gasteiger partial charge in [0.05, 0.1) is 17.6 Å². The van der Waals surface area contributed by atoms with Crippen molar-refractivity contribution >= 4 is 16.9 Å². The molecule has 0 aliphatic carbocycles. The van der Waals surface area contributed by atoms with E-state index in [-0.39, 0.29) is 0 Å². The van der Waals surface area contributed by atoms with Crippen LogP contribution in [0.25, 0.3) is 16.9 Å². The summed E-state index contributed by atoms with van der Waals surface area (Å²) in [5.41, 5.74) is 2.02. The van der Waals surface area contributed by atoms with Gasteiger partial charge in [-0.05, 0) is 37.6 Å². The fourth-order valence-electron chi connectivity index (χ4n) is 3.54. The molecule has 0 saturated carbocycles. The van der Waals surface area contributed by atoms with Crippen LogP contribution in [-0.4, -0.2) is 35.3 Å². The van der Waals surface area contributed by atoms with Crippen LogP contribution in [0.4, 0.5) is 5.82 Å². The van der Waals surface area contributed by atoms with Crippen LogP contribution >= 0.6 is 0 Å². The molecule has 0 saturated heterocycles. The molecular weight excluding hydrogens is 326 g/mol. The molecular formula is C19H19N7. The molecule has 1 unspecified atom stereocenters. The van der Waals surface area contributed by atoms with Gasteiger partial charge in [0.25, 0.3) is 0 Å². The number of benzene rings is 1. The van der Waals surface area contributed by atoms with Crippen LogP contribution in [0.3, 0.4) is 0 Å². The number of anilines is 1. The standard InChI is InChI=1S/C19H19N7/c1-13-21-19-10-9-14(11-26(19)24-13)22-17-7-4-8-18(23-17)25-12-20-15-5-2-3-6-16(15)25/h2-8,12,14H,9-11H2,1H3,(H,22,23). The van der Waals surface area contributed by atoms with Gasteiger partial charge in [0.1, 0.15) is 29.6 Å². The molecule has 1 atom stereocenters. The van der Waals surface area contributed by atoms with Crippen molar-refractivity contribution in [2.75, 3.05) is 5.32 Å². The molecule has 7 nitrogen and oxygen atoms in total. The molecule has 0 amide bonds. The number of nitrogens with one attached hydrogen (secondary N) is 1. The van der Waals surface area contributed by atoms with Gasteiger partial charge in [0.15, 0.2) is 0 Å². The summed E-state index contributed by atoms with van der Waals surface area (Å²) >= 11 is 0. The van der Waals surface area contributed by atoms with E-state index in [0.717, 1.165) is 53.7 Å². The summed E-state index contributed by atoms with van der Waals surface area (Å²) in [7, 11) is 0. The highest BCUT2D eigenvalue weighted by Gasteiger charge is 2.21. The Labute approximate surface area is 150 Å². The Morgan fingerprint density at radius 1 is 1.08 bits per heavy atom. The minimum atomic E-state index is 0.297. The van der Waals surface area contributed by atoms with E-state index < -0.39 is 0 Å². The zero-order valence-electron chi connectivity index (χ0n) is 14.5. The van der Waals surface area contributed by atoms with E-state index in [2.05, 4.69) is 26.4 Å². The third-order valence-corrected chi connectivity index (χ3v) is 4.75. The summed E-state index contributed by atoms with van der Waals surface area (Å²) < 4.78 is 4.02. The first-order valence-corrected chi connectivity index (χ1v) is 8.83. The number of imidazole rings is 1. The van der Waals surface area contributed by atoms with Crippen molar-refractivity contribution in [3.63, 3.8) is 0 Å². The van der Waals surface area contributed by atoms with Gasteiger partial charge in [0, 0.05) is 12.5 Å². The lowest BCUT2D eigenvalue weighted by Crippen LogP contribution is -2.32. The number of rotatable bonds is 3. The van der Waals surface area contributed by atoms with Crippen LogP contribution in [0, 0.1) is 6.92 Å². The molecule has 130 valence electrons. The average Bonchev–Trinajstić information content (AvgIpc) is 3.24. The number of nitrogens with zero attached hydrogens (tertiary/aromatic N) is 6. The van der Waals surface area contributed by atoms with E-state index in [9.17, 15) is 0 Å². The van der Waals surface area contributed by atoms with Gasteiger partial charge in [-0.1, -0.05) is 18.2 Å². The van der Waals surface area contributed by atoms with Gasteiger partial charge in [0.2, 0.25) is 0 Å². The van der Waals surface area contributed by atoms with Gasteiger partial charge in [-0.15, -0.1) is 0 Å². The van der Waals surface area contributed by atoms with Crippen LogP contribution in [0.5, 0.6) is 0 Å². The van der Waals surface area contributed by atoms with Crippen molar-refractivity contribution in [2.45, 2.75) is 32.4 Å². The largest absolute Gasteiger partial charge is 0.365 e. The first kappa shape index (κ1) is 15.1. The smallest absolute Gasteiger partial charge is 0.147 e. The normalized spacial score (nSPS) is 16.6. The third-order valence-electron chi connectivity index (χ3n) is 4.75. The topological polar surface area (TPSA) is 73.5 Å².